The number of carboxylic acids is 1. The van der Waals surface area contributed by atoms with Crippen LogP contribution < -0.4 is 5.73 Å². The Morgan fingerprint density at radius 3 is 2.86 bits per heavy atom. The number of hydrogen-bond acceptors (Lipinski definition) is 4. The standard InChI is InChI=1S/C15H21N3O3/c1-15(9-13(16)19,11-5-4-7-17-10-11)18-8-3-2-6-12(18)14(20)21/h4-5,7,10,12H,2-3,6,8-9H2,1H3,(H2,16,19)(H,20,21). The Kier molecular flexibility index (Phi) is 4.57. The maximum absolute atomic E-state index is 11.6. The van der Waals surface area contributed by atoms with Gasteiger partial charge in [-0.25, -0.2) is 0 Å². The van der Waals surface area contributed by atoms with E-state index in [-0.39, 0.29) is 6.42 Å². The van der Waals surface area contributed by atoms with Gasteiger partial charge >= 0.3 is 5.97 Å². The normalized spacial score (nSPS) is 22.4. The van der Waals surface area contributed by atoms with Gasteiger partial charge in [0.05, 0.1) is 5.54 Å². The predicted molar refractivity (Wildman–Crippen MR) is 77.4 cm³/mol. The third kappa shape index (κ3) is 3.21. The van der Waals surface area contributed by atoms with Crippen LogP contribution in [0, 0.1) is 0 Å². The van der Waals surface area contributed by atoms with E-state index in [1.54, 1.807) is 18.5 Å². The topological polar surface area (TPSA) is 96.5 Å². The van der Waals surface area contributed by atoms with E-state index >= 15 is 0 Å². The van der Waals surface area contributed by atoms with Crippen LogP contribution in [0.25, 0.3) is 0 Å². The Labute approximate surface area is 124 Å². The van der Waals surface area contributed by atoms with Crippen LogP contribution in [0.3, 0.4) is 0 Å². The van der Waals surface area contributed by atoms with E-state index in [0.717, 1.165) is 18.4 Å². The van der Waals surface area contributed by atoms with E-state index in [9.17, 15) is 14.7 Å². The summed E-state index contributed by atoms with van der Waals surface area (Å²) in [5.74, 6) is -1.30. The molecule has 1 aromatic rings. The quantitative estimate of drug-likeness (QED) is 0.847. The number of hydrogen-bond donors (Lipinski definition) is 2. The largest absolute Gasteiger partial charge is 0.480 e. The smallest absolute Gasteiger partial charge is 0.320 e. The summed E-state index contributed by atoms with van der Waals surface area (Å²) < 4.78 is 0. The molecule has 1 saturated heterocycles. The van der Waals surface area contributed by atoms with Crippen LogP contribution >= 0.6 is 0 Å². The number of piperidine rings is 1. The van der Waals surface area contributed by atoms with Gasteiger partial charge < -0.3 is 10.8 Å². The molecule has 3 N–H and O–H groups in total. The Balaban J connectivity index is 2.43. The molecule has 2 heterocycles. The molecule has 2 atom stereocenters. The second-order valence-electron chi connectivity index (χ2n) is 5.70. The molecule has 0 aliphatic carbocycles. The number of nitrogens with two attached hydrogens (primary N) is 1. The SMILES string of the molecule is CC(CC(N)=O)(c1cccnc1)N1CCCCC1C(=O)O. The minimum atomic E-state index is -0.853. The molecule has 1 aliphatic heterocycles. The number of carboxylic acid groups (broad SMARTS) is 1. The van der Waals surface area contributed by atoms with Gasteiger partial charge in [-0.2, -0.15) is 0 Å². The number of amides is 1. The van der Waals surface area contributed by atoms with Gasteiger partial charge in [0.1, 0.15) is 6.04 Å². The summed E-state index contributed by atoms with van der Waals surface area (Å²) in [7, 11) is 0. The van der Waals surface area contributed by atoms with Crippen molar-refractivity contribution < 1.29 is 14.7 Å². The zero-order valence-electron chi connectivity index (χ0n) is 12.2. The van der Waals surface area contributed by atoms with E-state index in [1.807, 2.05) is 17.9 Å². The number of carbonyl (C=O) groups excluding carboxylic acids is 1. The lowest BCUT2D eigenvalue weighted by atomic mass is 9.83. The molecular formula is C15H21N3O3. The van der Waals surface area contributed by atoms with Gasteiger partial charge in [-0.05, 0) is 37.9 Å². The van der Waals surface area contributed by atoms with Crippen molar-refractivity contribution in [3.8, 4) is 0 Å². The van der Waals surface area contributed by atoms with Gasteiger partial charge in [0.2, 0.25) is 5.91 Å². The summed E-state index contributed by atoms with van der Waals surface area (Å²) in [6.07, 6.45) is 5.79. The Morgan fingerprint density at radius 2 is 2.29 bits per heavy atom. The highest BCUT2D eigenvalue weighted by Crippen LogP contribution is 2.36. The second-order valence-corrected chi connectivity index (χ2v) is 5.70. The molecule has 6 heteroatoms. The minimum absolute atomic E-state index is 0.0719. The van der Waals surface area contributed by atoms with Crippen molar-refractivity contribution in [2.45, 2.75) is 44.2 Å². The number of nitrogens with zero attached hydrogens (tertiary/aromatic N) is 2. The average Bonchev–Trinajstić information content (AvgIpc) is 2.47. The molecule has 0 radical (unpaired) electrons. The molecule has 6 nitrogen and oxygen atoms in total. The van der Waals surface area contributed by atoms with Crippen LogP contribution in [0.1, 0.15) is 38.2 Å². The highest BCUT2D eigenvalue weighted by Gasteiger charge is 2.43. The maximum atomic E-state index is 11.6. The zero-order chi connectivity index (χ0) is 15.5. The first-order valence-corrected chi connectivity index (χ1v) is 7.13. The lowest BCUT2D eigenvalue weighted by Crippen LogP contribution is -2.56. The number of aliphatic carboxylic acids is 1. The first kappa shape index (κ1) is 15.4. The van der Waals surface area contributed by atoms with E-state index in [0.29, 0.717) is 13.0 Å². The molecule has 0 aromatic carbocycles. The fourth-order valence-electron chi connectivity index (χ4n) is 3.17. The number of pyridine rings is 1. The average molecular weight is 291 g/mol. The summed E-state index contributed by atoms with van der Waals surface area (Å²) >= 11 is 0. The first-order chi connectivity index (χ1) is 9.95. The van der Waals surface area contributed by atoms with Crippen molar-refractivity contribution in [2.75, 3.05) is 6.54 Å². The molecule has 2 unspecified atom stereocenters. The molecule has 114 valence electrons. The summed E-state index contributed by atoms with van der Waals surface area (Å²) in [6, 6.07) is 3.06. The van der Waals surface area contributed by atoms with Crippen molar-refractivity contribution >= 4 is 11.9 Å². The lowest BCUT2D eigenvalue weighted by molar-refractivity contribution is -0.149. The first-order valence-electron chi connectivity index (χ1n) is 7.13. The van der Waals surface area contributed by atoms with E-state index < -0.39 is 23.5 Å². The minimum Gasteiger partial charge on any atom is -0.480 e. The van der Waals surface area contributed by atoms with E-state index in [4.69, 9.17) is 5.73 Å². The number of primary amides is 1. The fraction of sp³-hybridized carbons (Fsp3) is 0.533. The molecule has 0 spiro atoms. The van der Waals surface area contributed by atoms with Gasteiger partial charge in [-0.1, -0.05) is 12.5 Å². The van der Waals surface area contributed by atoms with Crippen LogP contribution in [0.4, 0.5) is 0 Å². The number of carbonyl (C=O) groups is 2. The van der Waals surface area contributed by atoms with Crippen molar-refractivity contribution in [2.24, 2.45) is 5.73 Å². The van der Waals surface area contributed by atoms with E-state index in [1.165, 1.54) is 0 Å². The summed E-state index contributed by atoms with van der Waals surface area (Å²) in [6.45, 7) is 2.51. The summed E-state index contributed by atoms with van der Waals surface area (Å²) in [5.41, 5.74) is 5.48. The van der Waals surface area contributed by atoms with Crippen molar-refractivity contribution in [1.29, 1.82) is 0 Å². The second kappa shape index (κ2) is 6.22. The van der Waals surface area contributed by atoms with Gasteiger partial charge in [0.15, 0.2) is 0 Å². The molecule has 0 saturated carbocycles. The number of likely N-dealkylation sites (tertiary alicyclic amines) is 1. The Morgan fingerprint density at radius 1 is 1.52 bits per heavy atom. The molecule has 1 amide bonds. The van der Waals surface area contributed by atoms with Gasteiger partial charge in [0, 0.05) is 18.8 Å². The molecular weight excluding hydrogens is 270 g/mol. The van der Waals surface area contributed by atoms with Crippen LogP contribution in [0.15, 0.2) is 24.5 Å². The summed E-state index contributed by atoms with van der Waals surface area (Å²) in [5, 5.41) is 9.48. The Bertz CT molecular complexity index is 520. The molecule has 2 rings (SSSR count). The van der Waals surface area contributed by atoms with Crippen LogP contribution in [-0.2, 0) is 15.1 Å². The highest BCUT2D eigenvalue weighted by atomic mass is 16.4. The lowest BCUT2D eigenvalue weighted by Gasteiger charge is -2.46. The maximum Gasteiger partial charge on any atom is 0.320 e. The van der Waals surface area contributed by atoms with Crippen molar-refractivity contribution in [3.63, 3.8) is 0 Å². The molecule has 0 bridgehead atoms. The molecule has 1 aliphatic rings. The van der Waals surface area contributed by atoms with Crippen LogP contribution in [0.2, 0.25) is 0 Å². The zero-order valence-corrected chi connectivity index (χ0v) is 12.2. The van der Waals surface area contributed by atoms with Crippen molar-refractivity contribution in [1.82, 2.24) is 9.88 Å². The van der Waals surface area contributed by atoms with Gasteiger partial charge in [-0.15, -0.1) is 0 Å². The van der Waals surface area contributed by atoms with E-state index in [2.05, 4.69) is 4.98 Å². The highest BCUT2D eigenvalue weighted by molar-refractivity contribution is 5.76. The third-order valence-corrected chi connectivity index (χ3v) is 4.22. The third-order valence-electron chi connectivity index (χ3n) is 4.22. The van der Waals surface area contributed by atoms with Gasteiger partial charge in [-0.3, -0.25) is 19.5 Å². The van der Waals surface area contributed by atoms with Crippen LogP contribution in [0.5, 0.6) is 0 Å². The number of rotatable bonds is 5. The van der Waals surface area contributed by atoms with Crippen molar-refractivity contribution in [3.05, 3.63) is 30.1 Å². The monoisotopic (exact) mass is 291 g/mol. The number of aromatic nitrogens is 1. The molecule has 1 fully saturated rings. The molecule has 21 heavy (non-hydrogen) atoms. The van der Waals surface area contributed by atoms with Gasteiger partial charge in [0.25, 0.3) is 0 Å². The fourth-order valence-corrected chi connectivity index (χ4v) is 3.17. The summed E-state index contributed by atoms with van der Waals surface area (Å²) in [4.78, 5) is 29.1. The molecule has 1 aromatic heterocycles. The predicted octanol–water partition coefficient (Wildman–Crippen LogP) is 1.11. The Hall–Kier alpha value is -1.95. The van der Waals surface area contributed by atoms with Crippen LogP contribution in [-0.4, -0.2) is 39.5 Å².